The molecule has 0 bridgehead atoms. The molecule has 0 saturated carbocycles. The van der Waals surface area contributed by atoms with Crippen LogP contribution in [0.2, 0.25) is 0 Å². The molecule has 1 aliphatic rings. The summed E-state index contributed by atoms with van der Waals surface area (Å²) in [6, 6.07) is 0. The maximum absolute atomic E-state index is 9.76. The molecule has 0 aromatic carbocycles. The van der Waals surface area contributed by atoms with Gasteiger partial charge in [0.1, 0.15) is 0 Å². The molecular formula is C12H25NO. The second-order valence-corrected chi connectivity index (χ2v) is 4.96. The first-order chi connectivity index (χ1) is 6.63. The molecule has 0 aliphatic carbocycles. The Labute approximate surface area is 88.3 Å². The molecule has 1 unspecified atom stereocenters. The van der Waals surface area contributed by atoms with Crippen LogP contribution in [0, 0.1) is 11.8 Å². The molecule has 1 rings (SSSR count). The molecule has 1 aliphatic heterocycles. The van der Waals surface area contributed by atoms with Crippen LogP contribution in [-0.4, -0.2) is 35.7 Å². The van der Waals surface area contributed by atoms with Crippen molar-refractivity contribution in [3.8, 4) is 0 Å². The number of aliphatic hydroxyl groups is 1. The Bertz CT molecular complexity index is 150. The summed E-state index contributed by atoms with van der Waals surface area (Å²) in [7, 11) is 0. The van der Waals surface area contributed by atoms with Crippen LogP contribution in [0.25, 0.3) is 0 Å². The molecule has 0 aromatic heterocycles. The molecule has 84 valence electrons. The maximum atomic E-state index is 9.76. The summed E-state index contributed by atoms with van der Waals surface area (Å²) >= 11 is 0. The Morgan fingerprint density at radius 1 is 1.29 bits per heavy atom. The topological polar surface area (TPSA) is 23.5 Å². The summed E-state index contributed by atoms with van der Waals surface area (Å²) < 4.78 is 0. The molecule has 2 nitrogen and oxygen atoms in total. The quantitative estimate of drug-likeness (QED) is 0.749. The van der Waals surface area contributed by atoms with E-state index < -0.39 is 0 Å². The lowest BCUT2D eigenvalue weighted by atomic mass is 9.94. The molecular weight excluding hydrogens is 174 g/mol. The second-order valence-electron chi connectivity index (χ2n) is 4.96. The second kappa shape index (κ2) is 5.72. The summed E-state index contributed by atoms with van der Waals surface area (Å²) in [6.07, 6.45) is 3.82. The predicted octanol–water partition coefficient (Wildman–Crippen LogP) is 2.13. The number of β-amino-alcohol motifs (C(OH)–C–C–N with tert-alkyl or cyclic N) is 1. The van der Waals surface area contributed by atoms with Crippen LogP contribution in [0.15, 0.2) is 0 Å². The van der Waals surface area contributed by atoms with Crippen LogP contribution < -0.4 is 0 Å². The smallest absolute Gasteiger partial charge is 0.0689 e. The third kappa shape index (κ3) is 3.58. The van der Waals surface area contributed by atoms with E-state index in [4.69, 9.17) is 0 Å². The largest absolute Gasteiger partial charge is 0.392 e. The number of nitrogens with zero attached hydrogens (tertiary/aromatic N) is 1. The van der Waals surface area contributed by atoms with Gasteiger partial charge in [-0.2, -0.15) is 0 Å². The van der Waals surface area contributed by atoms with Gasteiger partial charge in [-0.25, -0.2) is 0 Å². The highest BCUT2D eigenvalue weighted by Gasteiger charge is 2.20. The first-order valence-corrected chi connectivity index (χ1v) is 6.04. The zero-order chi connectivity index (χ0) is 10.6. The molecule has 0 aromatic rings. The monoisotopic (exact) mass is 199 g/mol. The number of aliphatic hydroxyl groups excluding tert-OH is 1. The van der Waals surface area contributed by atoms with E-state index in [0.717, 1.165) is 12.5 Å². The van der Waals surface area contributed by atoms with Gasteiger partial charge in [0.05, 0.1) is 6.10 Å². The highest BCUT2D eigenvalue weighted by Crippen LogP contribution is 2.20. The van der Waals surface area contributed by atoms with Crippen molar-refractivity contribution in [2.45, 2.75) is 46.1 Å². The minimum absolute atomic E-state index is 0.145. The highest BCUT2D eigenvalue weighted by molar-refractivity contribution is 4.74. The molecule has 2 heteroatoms. The van der Waals surface area contributed by atoms with Crippen LogP contribution >= 0.6 is 0 Å². The summed E-state index contributed by atoms with van der Waals surface area (Å²) in [5.74, 6) is 1.32. The van der Waals surface area contributed by atoms with Gasteiger partial charge >= 0.3 is 0 Å². The summed E-state index contributed by atoms with van der Waals surface area (Å²) in [5, 5.41) is 9.76. The zero-order valence-corrected chi connectivity index (χ0v) is 9.87. The average molecular weight is 199 g/mol. The number of piperidine rings is 1. The number of hydrogen-bond donors (Lipinski definition) is 1. The maximum Gasteiger partial charge on any atom is 0.0689 e. The van der Waals surface area contributed by atoms with Gasteiger partial charge in [-0.3, -0.25) is 0 Å². The molecule has 1 heterocycles. The van der Waals surface area contributed by atoms with Crippen molar-refractivity contribution in [1.29, 1.82) is 0 Å². The third-order valence-corrected chi connectivity index (χ3v) is 3.50. The lowest BCUT2D eigenvalue weighted by Gasteiger charge is -2.33. The lowest BCUT2D eigenvalue weighted by Crippen LogP contribution is -2.40. The van der Waals surface area contributed by atoms with Gasteiger partial charge in [0.2, 0.25) is 0 Å². The van der Waals surface area contributed by atoms with E-state index >= 15 is 0 Å². The third-order valence-electron chi connectivity index (χ3n) is 3.50. The van der Waals surface area contributed by atoms with Gasteiger partial charge in [-0.1, -0.05) is 27.2 Å². The fraction of sp³-hybridized carbons (Fsp3) is 1.00. The molecule has 0 radical (unpaired) electrons. The van der Waals surface area contributed by atoms with E-state index in [1.165, 1.54) is 32.4 Å². The zero-order valence-electron chi connectivity index (χ0n) is 9.87. The standard InChI is InChI=1S/C12H25NO/c1-4-11-5-7-13(8-6-11)9-12(14)10(2)3/h10-12,14H,4-9H2,1-3H3. The van der Waals surface area contributed by atoms with Crippen molar-refractivity contribution in [3.63, 3.8) is 0 Å². The summed E-state index contributed by atoms with van der Waals surface area (Å²) in [5.41, 5.74) is 0. The number of rotatable bonds is 4. The van der Waals surface area contributed by atoms with Crippen molar-refractivity contribution >= 4 is 0 Å². The first-order valence-electron chi connectivity index (χ1n) is 6.04. The van der Waals surface area contributed by atoms with Crippen molar-refractivity contribution < 1.29 is 5.11 Å². The Balaban J connectivity index is 2.22. The Kier molecular flexibility index (Phi) is 4.90. The summed E-state index contributed by atoms with van der Waals surface area (Å²) in [6.45, 7) is 9.69. The van der Waals surface area contributed by atoms with Crippen LogP contribution in [0.4, 0.5) is 0 Å². The minimum atomic E-state index is -0.145. The average Bonchev–Trinajstić information content (AvgIpc) is 2.19. The molecule has 1 fully saturated rings. The van der Waals surface area contributed by atoms with Gasteiger partial charge in [-0.05, 0) is 37.8 Å². The SMILES string of the molecule is CCC1CCN(CC(O)C(C)C)CC1. The Morgan fingerprint density at radius 2 is 1.86 bits per heavy atom. The van der Waals surface area contributed by atoms with Gasteiger partial charge in [-0.15, -0.1) is 0 Å². The van der Waals surface area contributed by atoms with Crippen LogP contribution in [0.3, 0.4) is 0 Å². The first kappa shape index (κ1) is 12.0. The van der Waals surface area contributed by atoms with Crippen molar-refractivity contribution in [2.75, 3.05) is 19.6 Å². The Hall–Kier alpha value is -0.0800. The predicted molar refractivity (Wildman–Crippen MR) is 60.3 cm³/mol. The van der Waals surface area contributed by atoms with E-state index in [1.807, 2.05) is 0 Å². The fourth-order valence-corrected chi connectivity index (χ4v) is 2.05. The van der Waals surface area contributed by atoms with Gasteiger partial charge in [0, 0.05) is 6.54 Å². The number of hydrogen-bond acceptors (Lipinski definition) is 2. The summed E-state index contributed by atoms with van der Waals surface area (Å²) in [4.78, 5) is 2.41. The Morgan fingerprint density at radius 3 is 2.29 bits per heavy atom. The van der Waals surface area contributed by atoms with Crippen LogP contribution in [0.1, 0.15) is 40.0 Å². The van der Waals surface area contributed by atoms with E-state index in [2.05, 4.69) is 25.7 Å². The van der Waals surface area contributed by atoms with Crippen molar-refractivity contribution in [1.82, 2.24) is 4.90 Å². The van der Waals surface area contributed by atoms with Gasteiger partial charge < -0.3 is 10.0 Å². The van der Waals surface area contributed by atoms with E-state index in [1.54, 1.807) is 0 Å². The molecule has 1 N–H and O–H groups in total. The number of likely N-dealkylation sites (tertiary alicyclic amines) is 1. The van der Waals surface area contributed by atoms with Crippen molar-refractivity contribution in [2.24, 2.45) is 11.8 Å². The van der Waals surface area contributed by atoms with Crippen LogP contribution in [-0.2, 0) is 0 Å². The molecule has 0 amide bonds. The molecule has 0 spiro atoms. The van der Waals surface area contributed by atoms with Gasteiger partial charge in [0.25, 0.3) is 0 Å². The molecule has 14 heavy (non-hydrogen) atoms. The van der Waals surface area contributed by atoms with E-state index in [0.29, 0.717) is 5.92 Å². The van der Waals surface area contributed by atoms with E-state index in [-0.39, 0.29) is 6.10 Å². The lowest BCUT2D eigenvalue weighted by molar-refractivity contribution is 0.0601. The van der Waals surface area contributed by atoms with Gasteiger partial charge in [0.15, 0.2) is 0 Å². The van der Waals surface area contributed by atoms with Crippen molar-refractivity contribution in [3.05, 3.63) is 0 Å². The normalized spacial score (nSPS) is 22.9. The van der Waals surface area contributed by atoms with Crippen LogP contribution in [0.5, 0.6) is 0 Å². The molecule has 1 atom stereocenters. The fourth-order valence-electron chi connectivity index (χ4n) is 2.05. The highest BCUT2D eigenvalue weighted by atomic mass is 16.3. The van der Waals surface area contributed by atoms with E-state index in [9.17, 15) is 5.11 Å². The molecule has 1 saturated heterocycles. The minimum Gasteiger partial charge on any atom is -0.392 e.